The van der Waals surface area contributed by atoms with Crippen LogP contribution in [0.3, 0.4) is 0 Å². The van der Waals surface area contributed by atoms with Crippen LogP contribution in [-0.2, 0) is 29.1 Å². The van der Waals surface area contributed by atoms with E-state index in [0.29, 0.717) is 45.1 Å². The number of unbranched alkanes of at least 4 members (excludes halogenated alkanes) is 1. The molecule has 0 radical (unpaired) electrons. The summed E-state index contributed by atoms with van der Waals surface area (Å²) < 4.78 is 32.5. The Morgan fingerprint density at radius 2 is 1.90 bits per heavy atom. The summed E-state index contributed by atoms with van der Waals surface area (Å²) in [4.78, 5) is 54.3. The van der Waals surface area contributed by atoms with Gasteiger partial charge in [-0.25, -0.2) is 13.2 Å². The molecule has 11 nitrogen and oxygen atoms in total. The molecule has 3 rings (SSSR count). The van der Waals surface area contributed by atoms with E-state index in [9.17, 15) is 27.6 Å². The molecule has 0 bridgehead atoms. The van der Waals surface area contributed by atoms with Gasteiger partial charge in [0.2, 0.25) is 21.8 Å². The van der Waals surface area contributed by atoms with E-state index in [1.165, 1.54) is 4.90 Å². The molecule has 3 aliphatic rings. The highest BCUT2D eigenvalue weighted by Crippen LogP contribution is 2.45. The molecule has 220 valence electrons. The lowest BCUT2D eigenvalue weighted by molar-refractivity contribution is -0.141. The van der Waals surface area contributed by atoms with Crippen LogP contribution in [0.25, 0.3) is 0 Å². The first-order valence-corrected chi connectivity index (χ1v) is 15.8. The fraction of sp³-hybridized carbons (Fsp3) is 0.778. The Hall–Kier alpha value is -2.63. The average molecular weight is 569 g/mol. The Morgan fingerprint density at radius 3 is 2.59 bits per heavy atom. The minimum atomic E-state index is -3.84. The zero-order valence-corrected chi connectivity index (χ0v) is 24.4. The van der Waals surface area contributed by atoms with Gasteiger partial charge in [0.25, 0.3) is 5.91 Å². The highest BCUT2D eigenvalue weighted by molar-refractivity contribution is 7.90. The van der Waals surface area contributed by atoms with E-state index < -0.39 is 51.2 Å². The van der Waals surface area contributed by atoms with E-state index in [1.54, 1.807) is 20.8 Å². The standard InChI is InChI=1S/C27H44N4O7S/c1-5-6-17-39(36,37)30-24(34)27-18-19(27)13-10-8-7-9-11-14-20(28-25(35)38-26(2,3)4)23(33)31-16-12-15-21(31)22(32)29-27/h10,13,19-21H,5-9,11-12,14-18H2,1-4H3,(H,28,35)(H,29,32)(H,30,34)/t19-,20+,21+,27-/m1/s1. The molecular formula is C27H44N4O7S. The van der Waals surface area contributed by atoms with Gasteiger partial charge in [-0.3, -0.25) is 19.1 Å². The second-order valence-corrected chi connectivity index (χ2v) is 13.7. The normalized spacial score (nSPS) is 28.3. The van der Waals surface area contributed by atoms with Crippen molar-refractivity contribution in [3.63, 3.8) is 0 Å². The van der Waals surface area contributed by atoms with Gasteiger partial charge in [0.1, 0.15) is 23.2 Å². The lowest BCUT2D eigenvalue weighted by Crippen LogP contribution is -2.58. The molecule has 2 fully saturated rings. The number of hydrogen-bond acceptors (Lipinski definition) is 7. The number of ether oxygens (including phenoxy) is 1. The predicted octanol–water partition coefficient (Wildman–Crippen LogP) is 2.51. The monoisotopic (exact) mass is 568 g/mol. The minimum absolute atomic E-state index is 0.170. The molecule has 2 heterocycles. The third kappa shape index (κ3) is 8.43. The molecule has 0 spiro atoms. The number of allylic oxidation sites excluding steroid dienone is 1. The largest absolute Gasteiger partial charge is 0.444 e. The van der Waals surface area contributed by atoms with Crippen molar-refractivity contribution >= 4 is 33.8 Å². The van der Waals surface area contributed by atoms with Crippen molar-refractivity contribution in [3.05, 3.63) is 12.2 Å². The molecule has 3 N–H and O–H groups in total. The Balaban J connectivity index is 1.82. The highest BCUT2D eigenvalue weighted by Gasteiger charge is 2.61. The van der Waals surface area contributed by atoms with Gasteiger partial charge in [-0.2, -0.15) is 0 Å². The van der Waals surface area contributed by atoms with Crippen LogP contribution in [0.4, 0.5) is 4.79 Å². The fourth-order valence-corrected chi connectivity index (χ4v) is 6.40. The summed E-state index contributed by atoms with van der Waals surface area (Å²) in [5.74, 6) is -2.11. The van der Waals surface area contributed by atoms with Gasteiger partial charge < -0.3 is 20.3 Å². The van der Waals surface area contributed by atoms with Crippen LogP contribution in [0.15, 0.2) is 12.2 Å². The SMILES string of the molecule is CCCCS(=O)(=O)NC(=O)[C@@]12C[C@H]1C=CCCCCC[C@H](NC(=O)OC(C)(C)C)C(=O)N1CCC[C@H]1C(=O)N2. The van der Waals surface area contributed by atoms with Gasteiger partial charge >= 0.3 is 6.09 Å². The molecular weight excluding hydrogens is 524 g/mol. The number of nitrogens with zero attached hydrogens (tertiary/aromatic N) is 1. The van der Waals surface area contributed by atoms with Crippen LogP contribution in [0.2, 0.25) is 0 Å². The van der Waals surface area contributed by atoms with E-state index in [1.807, 2.05) is 19.1 Å². The Kier molecular flexibility index (Phi) is 10.1. The van der Waals surface area contributed by atoms with Gasteiger partial charge in [0, 0.05) is 12.5 Å². The summed E-state index contributed by atoms with van der Waals surface area (Å²) in [6.45, 7) is 7.43. The number of hydrogen-bond donors (Lipinski definition) is 3. The molecule has 1 saturated carbocycles. The third-order valence-corrected chi connectivity index (χ3v) is 8.66. The van der Waals surface area contributed by atoms with Gasteiger partial charge in [-0.05, 0) is 65.7 Å². The summed E-state index contributed by atoms with van der Waals surface area (Å²) in [5.41, 5.74) is -2.10. The molecule has 1 aliphatic carbocycles. The lowest BCUT2D eigenvalue weighted by Gasteiger charge is -2.30. The highest BCUT2D eigenvalue weighted by atomic mass is 32.2. The van der Waals surface area contributed by atoms with Gasteiger partial charge in [0.05, 0.1) is 5.75 Å². The number of fused-ring (bicyclic) bond motifs is 2. The summed E-state index contributed by atoms with van der Waals surface area (Å²) in [6, 6.07) is -1.67. The van der Waals surface area contributed by atoms with Crippen LogP contribution >= 0.6 is 0 Å². The summed E-state index contributed by atoms with van der Waals surface area (Å²) >= 11 is 0. The third-order valence-electron chi connectivity index (χ3n) is 7.34. The molecule has 1 saturated heterocycles. The smallest absolute Gasteiger partial charge is 0.408 e. The zero-order valence-electron chi connectivity index (χ0n) is 23.6. The maximum absolute atomic E-state index is 13.6. The Morgan fingerprint density at radius 1 is 1.15 bits per heavy atom. The Labute approximate surface area is 231 Å². The number of alkyl carbamates (subject to hydrolysis) is 1. The molecule has 0 aromatic heterocycles. The van der Waals surface area contributed by atoms with E-state index >= 15 is 0 Å². The van der Waals surface area contributed by atoms with Crippen LogP contribution in [0, 0.1) is 5.92 Å². The van der Waals surface area contributed by atoms with E-state index in [4.69, 9.17) is 4.74 Å². The van der Waals surface area contributed by atoms with Gasteiger partial charge in [0.15, 0.2) is 0 Å². The zero-order chi connectivity index (χ0) is 28.8. The molecule has 39 heavy (non-hydrogen) atoms. The molecule has 0 unspecified atom stereocenters. The number of sulfonamides is 1. The van der Waals surface area contributed by atoms with Crippen molar-refractivity contribution in [2.45, 2.75) is 115 Å². The summed E-state index contributed by atoms with van der Waals surface area (Å²) in [5, 5.41) is 5.52. The van der Waals surface area contributed by atoms with Crippen molar-refractivity contribution in [2.75, 3.05) is 12.3 Å². The maximum Gasteiger partial charge on any atom is 0.408 e. The van der Waals surface area contributed by atoms with Crippen LogP contribution in [0.5, 0.6) is 0 Å². The molecule has 0 aromatic rings. The van der Waals surface area contributed by atoms with E-state index in [0.717, 1.165) is 19.3 Å². The van der Waals surface area contributed by atoms with Crippen molar-refractivity contribution in [3.8, 4) is 0 Å². The molecule has 2 aliphatic heterocycles. The number of carbonyl (C=O) groups excluding carboxylic acids is 4. The minimum Gasteiger partial charge on any atom is -0.444 e. The van der Waals surface area contributed by atoms with Crippen molar-refractivity contribution in [1.82, 2.24) is 20.3 Å². The quantitative estimate of drug-likeness (QED) is 0.417. The van der Waals surface area contributed by atoms with Crippen LogP contribution in [-0.4, -0.2) is 72.7 Å². The average Bonchev–Trinajstić information content (AvgIpc) is 3.29. The number of nitrogens with one attached hydrogen (secondary N) is 3. The molecule has 4 atom stereocenters. The van der Waals surface area contributed by atoms with E-state index in [-0.39, 0.29) is 24.0 Å². The van der Waals surface area contributed by atoms with Crippen LogP contribution < -0.4 is 15.4 Å². The second-order valence-electron chi connectivity index (χ2n) is 11.8. The Bertz CT molecular complexity index is 1070. The number of carbonyl (C=O) groups is 4. The van der Waals surface area contributed by atoms with Crippen molar-refractivity contribution in [1.29, 1.82) is 0 Å². The van der Waals surface area contributed by atoms with E-state index in [2.05, 4.69) is 15.4 Å². The first-order valence-electron chi connectivity index (χ1n) is 14.1. The summed E-state index contributed by atoms with van der Waals surface area (Å²) in [6.07, 6.45) is 9.05. The molecule has 4 amide bonds. The number of rotatable bonds is 6. The second kappa shape index (κ2) is 12.7. The first-order chi connectivity index (χ1) is 18.3. The fourth-order valence-electron chi connectivity index (χ4n) is 5.16. The topological polar surface area (TPSA) is 151 Å². The van der Waals surface area contributed by atoms with Crippen molar-refractivity contribution < 1.29 is 32.3 Å². The van der Waals surface area contributed by atoms with Gasteiger partial charge in [-0.15, -0.1) is 0 Å². The maximum atomic E-state index is 13.6. The summed E-state index contributed by atoms with van der Waals surface area (Å²) in [7, 11) is -3.84. The molecule has 0 aromatic carbocycles. The predicted molar refractivity (Wildman–Crippen MR) is 146 cm³/mol. The number of amides is 4. The van der Waals surface area contributed by atoms with Crippen LogP contribution in [0.1, 0.15) is 91.9 Å². The first kappa shape index (κ1) is 30.9. The molecule has 12 heteroatoms. The van der Waals surface area contributed by atoms with Gasteiger partial charge in [-0.1, -0.05) is 38.3 Å². The van der Waals surface area contributed by atoms with Crippen molar-refractivity contribution in [2.24, 2.45) is 5.92 Å². The lowest BCUT2D eigenvalue weighted by atomic mass is 10.0.